The number of halogens is 2. The number of Topliss-reactive ketones (excluding diaryl/α,β-unsaturated/α-hetero) is 1. The van der Waals surface area contributed by atoms with Crippen molar-refractivity contribution in [2.24, 2.45) is 28.6 Å². The van der Waals surface area contributed by atoms with E-state index >= 15 is 0 Å². The van der Waals surface area contributed by atoms with E-state index in [1.54, 1.807) is 6.92 Å². The van der Waals surface area contributed by atoms with Gasteiger partial charge in [-0.15, -0.1) is 0 Å². The Morgan fingerprint density at radius 2 is 1.94 bits per heavy atom. The molecule has 4 aliphatic rings. The molecule has 2 bridgehead atoms. The van der Waals surface area contributed by atoms with Gasteiger partial charge in [0.05, 0.1) is 23.0 Å². The number of aliphatic hydroxyl groups is 2. The lowest BCUT2D eigenvalue weighted by Crippen LogP contribution is -2.57. The van der Waals surface area contributed by atoms with Gasteiger partial charge in [-0.2, -0.15) is 0 Å². The fourth-order valence-electron chi connectivity index (χ4n) is 7.89. The summed E-state index contributed by atoms with van der Waals surface area (Å²) in [5.74, 6) is -3.82. The molecular weight excluding hydrogens is 468 g/mol. The number of amides is 1. The number of fused-ring (bicyclic) bond motifs is 3. The Kier molecular flexibility index (Phi) is 5.82. The van der Waals surface area contributed by atoms with Crippen LogP contribution in [-0.4, -0.2) is 46.8 Å². The van der Waals surface area contributed by atoms with E-state index in [2.05, 4.69) is 11.9 Å². The molecule has 194 valence electrons. The third-order valence-electron chi connectivity index (χ3n) is 9.82. The maximum atomic E-state index is 14.3. The zero-order valence-corrected chi connectivity index (χ0v) is 20.8. The van der Waals surface area contributed by atoms with Gasteiger partial charge in [0.1, 0.15) is 23.5 Å². The number of ketones is 1. The van der Waals surface area contributed by atoms with E-state index in [1.165, 1.54) is 20.1 Å². The third-order valence-corrected chi connectivity index (χ3v) is 9.82. The first-order valence-corrected chi connectivity index (χ1v) is 12.5. The van der Waals surface area contributed by atoms with Gasteiger partial charge in [0.25, 0.3) is 0 Å². The molecule has 5 rings (SSSR count). The van der Waals surface area contributed by atoms with Crippen LogP contribution in [0, 0.1) is 40.2 Å². The van der Waals surface area contributed by atoms with E-state index in [4.69, 9.17) is 4.74 Å². The van der Waals surface area contributed by atoms with E-state index in [1.807, 2.05) is 6.08 Å². The summed E-state index contributed by atoms with van der Waals surface area (Å²) in [6.45, 7) is 6.85. The van der Waals surface area contributed by atoms with Crippen LogP contribution in [0.15, 0.2) is 42.0 Å². The normalized spacial score (nSPS) is 40.9. The number of hydrogen-bond donors (Lipinski definition) is 3. The summed E-state index contributed by atoms with van der Waals surface area (Å²) >= 11 is 0. The summed E-state index contributed by atoms with van der Waals surface area (Å²) in [4.78, 5) is 27.2. The van der Waals surface area contributed by atoms with Crippen LogP contribution >= 0.6 is 0 Å². The zero-order chi connectivity index (χ0) is 26.2. The molecule has 8 heteroatoms. The molecule has 0 heterocycles. The number of methoxy groups -OCH3 is 1. The zero-order valence-electron chi connectivity index (χ0n) is 20.8. The number of hydrogen-bond acceptors (Lipinski definition) is 5. The van der Waals surface area contributed by atoms with Crippen LogP contribution in [0.1, 0.15) is 45.1 Å². The van der Waals surface area contributed by atoms with Gasteiger partial charge in [-0.3, -0.25) is 9.59 Å². The Bertz CT molecular complexity index is 1160. The molecule has 0 aliphatic heterocycles. The minimum Gasteiger partial charge on any atom is -0.389 e. The van der Waals surface area contributed by atoms with Crippen LogP contribution in [0.2, 0.25) is 0 Å². The summed E-state index contributed by atoms with van der Waals surface area (Å²) < 4.78 is 34.1. The number of allylic oxidation sites excluding steroid dienone is 1. The fourth-order valence-corrected chi connectivity index (χ4v) is 7.89. The number of benzene rings is 1. The van der Waals surface area contributed by atoms with Gasteiger partial charge in [0, 0.05) is 25.1 Å². The lowest BCUT2D eigenvalue weighted by molar-refractivity contribution is -0.152. The molecule has 1 aromatic carbocycles. The van der Waals surface area contributed by atoms with Gasteiger partial charge < -0.3 is 20.3 Å². The molecule has 0 saturated heterocycles. The van der Waals surface area contributed by atoms with Crippen LogP contribution in [0.4, 0.5) is 8.78 Å². The molecule has 1 spiro atoms. The van der Waals surface area contributed by atoms with Gasteiger partial charge in [-0.1, -0.05) is 24.3 Å². The second-order valence-electron chi connectivity index (χ2n) is 11.3. The highest BCUT2D eigenvalue weighted by atomic mass is 19.1. The van der Waals surface area contributed by atoms with Crippen LogP contribution in [-0.2, 0) is 20.9 Å². The van der Waals surface area contributed by atoms with Crippen LogP contribution < -0.4 is 5.32 Å². The summed E-state index contributed by atoms with van der Waals surface area (Å²) in [6.07, 6.45) is 1.75. The summed E-state index contributed by atoms with van der Waals surface area (Å²) in [6, 6.07) is 3.52. The van der Waals surface area contributed by atoms with E-state index in [0.717, 1.165) is 17.7 Å². The minimum absolute atomic E-state index is 0.119. The lowest BCUT2D eigenvalue weighted by atomic mass is 9.58. The number of aliphatic hydroxyl groups excluding tert-OH is 1. The molecule has 3 saturated carbocycles. The van der Waals surface area contributed by atoms with Crippen molar-refractivity contribution in [1.82, 2.24) is 5.32 Å². The molecule has 8 atom stereocenters. The first kappa shape index (κ1) is 25.2. The van der Waals surface area contributed by atoms with E-state index in [-0.39, 0.29) is 23.8 Å². The second-order valence-corrected chi connectivity index (χ2v) is 11.3. The maximum Gasteiger partial charge on any atom is 0.224 e. The number of ether oxygens (including phenoxy) is 1. The predicted octanol–water partition coefficient (Wildman–Crippen LogP) is 3.22. The van der Waals surface area contributed by atoms with Gasteiger partial charge in [0.15, 0.2) is 0 Å². The van der Waals surface area contributed by atoms with E-state index < -0.39 is 58.0 Å². The highest BCUT2D eigenvalue weighted by Crippen LogP contribution is 2.73. The first-order chi connectivity index (χ1) is 16.9. The molecule has 1 aromatic rings. The minimum atomic E-state index is -1.33. The number of rotatable bonds is 5. The van der Waals surface area contributed by atoms with Gasteiger partial charge in [0.2, 0.25) is 5.91 Å². The molecule has 3 fully saturated rings. The molecule has 3 N–H and O–H groups in total. The molecular formula is C28H33F2NO5. The smallest absolute Gasteiger partial charge is 0.224 e. The largest absolute Gasteiger partial charge is 0.389 e. The van der Waals surface area contributed by atoms with Gasteiger partial charge in [-0.05, 0) is 68.6 Å². The van der Waals surface area contributed by atoms with Crippen molar-refractivity contribution in [2.45, 2.75) is 63.9 Å². The lowest BCUT2D eigenvalue weighted by Gasteiger charge is -2.47. The third kappa shape index (κ3) is 3.23. The Labute approximate surface area is 209 Å². The van der Waals surface area contributed by atoms with Gasteiger partial charge >= 0.3 is 0 Å². The van der Waals surface area contributed by atoms with E-state index in [9.17, 15) is 28.6 Å². The average molecular weight is 502 g/mol. The second kappa shape index (κ2) is 8.30. The van der Waals surface area contributed by atoms with Crippen molar-refractivity contribution in [3.8, 4) is 0 Å². The average Bonchev–Trinajstić information content (AvgIpc) is 3.20. The first-order valence-electron chi connectivity index (χ1n) is 12.5. The van der Waals surface area contributed by atoms with Crippen molar-refractivity contribution >= 4 is 11.7 Å². The van der Waals surface area contributed by atoms with Crippen LogP contribution in [0.5, 0.6) is 0 Å². The maximum absolute atomic E-state index is 14.3. The summed E-state index contributed by atoms with van der Waals surface area (Å²) in [5, 5.41) is 25.4. The van der Waals surface area contributed by atoms with Crippen molar-refractivity contribution in [1.29, 1.82) is 0 Å². The Balaban J connectivity index is 1.62. The molecule has 36 heavy (non-hydrogen) atoms. The number of carbonyl (C=O) groups is 2. The number of nitrogens with one attached hydrogen (secondary N) is 1. The SMILES string of the molecule is C=C1C[C@]23C[C@@]1(O)CC[C@H]2C1=C[C@@H](OC)[C@H](O)[C@@](C)(C(C)=O)C1[C@@H]3C(=O)NCc1c(F)cccc1F. The quantitative estimate of drug-likeness (QED) is 0.539. The highest BCUT2D eigenvalue weighted by molar-refractivity contribution is 5.88. The number of carbonyl (C=O) groups excluding carboxylic acids is 2. The molecule has 4 aliphatic carbocycles. The van der Waals surface area contributed by atoms with E-state index in [0.29, 0.717) is 31.3 Å². The fraction of sp³-hybridized carbons (Fsp3) is 0.571. The molecule has 1 amide bonds. The molecule has 0 aromatic heterocycles. The topological polar surface area (TPSA) is 95.9 Å². The van der Waals surface area contributed by atoms with Crippen LogP contribution in [0.3, 0.4) is 0 Å². The highest BCUT2D eigenvalue weighted by Gasteiger charge is 2.73. The summed E-state index contributed by atoms with van der Waals surface area (Å²) in [5.41, 5.74) is -1.86. The van der Waals surface area contributed by atoms with Crippen molar-refractivity contribution in [3.05, 3.63) is 59.2 Å². The summed E-state index contributed by atoms with van der Waals surface area (Å²) in [7, 11) is 1.47. The molecule has 1 unspecified atom stereocenters. The van der Waals surface area contributed by atoms with Crippen molar-refractivity contribution < 1.29 is 33.3 Å². The molecule has 0 radical (unpaired) electrons. The molecule has 6 nitrogen and oxygen atoms in total. The predicted molar refractivity (Wildman–Crippen MR) is 127 cm³/mol. The Morgan fingerprint density at radius 3 is 2.56 bits per heavy atom. The van der Waals surface area contributed by atoms with Crippen molar-refractivity contribution in [2.75, 3.05) is 7.11 Å². The van der Waals surface area contributed by atoms with Crippen LogP contribution in [0.25, 0.3) is 0 Å². The Morgan fingerprint density at radius 1 is 1.28 bits per heavy atom. The van der Waals surface area contributed by atoms with Crippen molar-refractivity contribution in [3.63, 3.8) is 0 Å². The Hall–Kier alpha value is -2.42. The van der Waals surface area contributed by atoms with Gasteiger partial charge in [-0.25, -0.2) is 8.78 Å². The monoisotopic (exact) mass is 501 g/mol. The standard InChI is InChI=1S/C28H33F2NO5/c1-14-11-27-13-28(14,35)9-8-18(27)16-10-21(36-4)24(33)26(3,15(2)32)22(16)23(27)25(34)31-12-17-19(29)6-5-7-20(17)30/h5-7,10,18,21-24,33,35H,1,8-9,11-13H2,2-4H3,(H,31,34)/t18-,21+,22?,23+,24-,26-,27-,28-/m0/s1.